The number of rotatable bonds is 2. The van der Waals surface area contributed by atoms with E-state index in [1.165, 1.54) is 37.2 Å². The van der Waals surface area contributed by atoms with Crippen molar-refractivity contribution in [2.45, 2.75) is 0 Å². The number of hydrogen-bond acceptors (Lipinski definition) is 2. The van der Waals surface area contributed by atoms with Crippen LogP contribution in [0.1, 0.15) is 0 Å². The minimum Gasteiger partial charge on any atom is -0.323 e. The summed E-state index contributed by atoms with van der Waals surface area (Å²) in [5, 5.41) is 0. The third-order valence-electron chi connectivity index (χ3n) is 2.68. The lowest BCUT2D eigenvalue weighted by Crippen LogP contribution is -2.57. The topological polar surface area (TPSA) is 3.24 Å². The molecule has 1 aliphatic rings. The number of hydrogen-bond donors (Lipinski definition) is 1. The van der Waals surface area contributed by atoms with Gasteiger partial charge in [-0.1, -0.05) is 0 Å². The van der Waals surface area contributed by atoms with Crippen LogP contribution in [0.3, 0.4) is 0 Å². The second kappa shape index (κ2) is 3.78. The molecule has 0 aromatic carbocycles. The first-order valence-corrected chi connectivity index (χ1v) is 4.92. The zero-order valence-electron chi connectivity index (χ0n) is 7.58. The molecule has 2 nitrogen and oxygen atoms in total. The Morgan fingerprint density at radius 2 is 1.91 bits per heavy atom. The third-order valence-corrected chi connectivity index (χ3v) is 2.88. The number of thiol groups is 1. The molecule has 0 saturated carbocycles. The normalized spacial score (nSPS) is 25.4. The van der Waals surface area contributed by atoms with Crippen molar-refractivity contribution in [3.05, 3.63) is 0 Å². The highest BCUT2D eigenvalue weighted by atomic mass is 32.1. The first-order chi connectivity index (χ1) is 5.16. The molecule has 0 spiro atoms. The zero-order chi connectivity index (χ0) is 8.32. The molecule has 66 valence electrons. The molecule has 1 saturated heterocycles. The third kappa shape index (κ3) is 2.65. The Kier molecular flexibility index (Phi) is 3.22. The van der Waals surface area contributed by atoms with Crippen molar-refractivity contribution >= 4 is 12.6 Å². The van der Waals surface area contributed by atoms with Crippen LogP contribution in [0.5, 0.6) is 0 Å². The van der Waals surface area contributed by atoms with E-state index < -0.39 is 0 Å². The van der Waals surface area contributed by atoms with E-state index in [1.807, 2.05) is 0 Å². The van der Waals surface area contributed by atoms with Crippen molar-refractivity contribution in [1.29, 1.82) is 0 Å². The summed E-state index contributed by atoms with van der Waals surface area (Å²) in [6.07, 6.45) is 0. The molecule has 0 aromatic heterocycles. The van der Waals surface area contributed by atoms with Crippen LogP contribution in [0, 0.1) is 0 Å². The highest BCUT2D eigenvalue weighted by Crippen LogP contribution is 2.08. The van der Waals surface area contributed by atoms with Crippen LogP contribution in [0.25, 0.3) is 0 Å². The Bertz CT molecular complexity index is 119. The molecule has 1 heterocycles. The highest BCUT2D eigenvalue weighted by Gasteiger charge is 2.25. The molecule has 0 amide bonds. The smallest absolute Gasteiger partial charge is 0.0914 e. The molecule has 0 aromatic rings. The van der Waals surface area contributed by atoms with Gasteiger partial charge in [0.15, 0.2) is 0 Å². The predicted octanol–water partition coefficient (Wildman–Crippen LogP) is 0.308. The Labute approximate surface area is 75.2 Å². The van der Waals surface area contributed by atoms with Gasteiger partial charge in [0, 0.05) is 18.8 Å². The number of quaternary nitrogens is 1. The molecule has 0 aliphatic carbocycles. The fraction of sp³-hybridized carbons (Fsp3) is 1.00. The molecule has 1 rings (SSSR count). The van der Waals surface area contributed by atoms with Crippen LogP contribution in [-0.4, -0.2) is 62.0 Å². The van der Waals surface area contributed by atoms with Gasteiger partial charge in [-0.15, -0.1) is 0 Å². The van der Waals surface area contributed by atoms with Crippen LogP contribution in [-0.2, 0) is 0 Å². The SMILES string of the molecule is CN1CC[N+](C)(CCS)CC1. The van der Waals surface area contributed by atoms with E-state index in [-0.39, 0.29) is 0 Å². The van der Waals surface area contributed by atoms with E-state index in [0.29, 0.717) is 0 Å². The molecule has 0 N–H and O–H groups in total. The zero-order valence-corrected chi connectivity index (χ0v) is 8.48. The average molecular weight is 175 g/mol. The summed E-state index contributed by atoms with van der Waals surface area (Å²) in [5.74, 6) is 1.01. The highest BCUT2D eigenvalue weighted by molar-refractivity contribution is 7.80. The molecule has 0 bridgehead atoms. The summed E-state index contributed by atoms with van der Waals surface area (Å²) < 4.78 is 1.22. The van der Waals surface area contributed by atoms with Crippen LogP contribution in [0.2, 0.25) is 0 Å². The van der Waals surface area contributed by atoms with Gasteiger partial charge in [-0.05, 0) is 7.05 Å². The van der Waals surface area contributed by atoms with Crippen molar-refractivity contribution in [3.8, 4) is 0 Å². The maximum Gasteiger partial charge on any atom is 0.0914 e. The summed E-state index contributed by atoms with van der Waals surface area (Å²) in [7, 11) is 4.54. The van der Waals surface area contributed by atoms with Crippen LogP contribution >= 0.6 is 12.6 Å². The van der Waals surface area contributed by atoms with Crippen LogP contribution < -0.4 is 0 Å². The van der Waals surface area contributed by atoms with E-state index in [9.17, 15) is 0 Å². The van der Waals surface area contributed by atoms with E-state index in [4.69, 9.17) is 0 Å². The molecule has 11 heavy (non-hydrogen) atoms. The fourth-order valence-corrected chi connectivity index (χ4v) is 2.00. The van der Waals surface area contributed by atoms with Gasteiger partial charge in [-0.2, -0.15) is 12.6 Å². The molecule has 1 fully saturated rings. The van der Waals surface area contributed by atoms with Crippen LogP contribution in [0.4, 0.5) is 0 Å². The van der Waals surface area contributed by atoms with Gasteiger partial charge >= 0.3 is 0 Å². The van der Waals surface area contributed by atoms with Gasteiger partial charge in [0.25, 0.3) is 0 Å². The predicted molar refractivity (Wildman–Crippen MR) is 52.1 cm³/mol. The van der Waals surface area contributed by atoms with Crippen molar-refractivity contribution in [1.82, 2.24) is 4.90 Å². The molecule has 1 aliphatic heterocycles. The van der Waals surface area contributed by atoms with Crippen LogP contribution in [0.15, 0.2) is 0 Å². The van der Waals surface area contributed by atoms with E-state index in [2.05, 4.69) is 31.6 Å². The second-order valence-electron chi connectivity index (χ2n) is 3.82. The summed E-state index contributed by atoms with van der Waals surface area (Å²) in [6, 6.07) is 0. The monoisotopic (exact) mass is 175 g/mol. The summed E-state index contributed by atoms with van der Waals surface area (Å²) >= 11 is 4.28. The lowest BCUT2D eigenvalue weighted by Gasteiger charge is -2.40. The van der Waals surface area contributed by atoms with E-state index in [1.54, 1.807) is 0 Å². The van der Waals surface area contributed by atoms with Crippen molar-refractivity contribution in [2.75, 3.05) is 52.6 Å². The van der Waals surface area contributed by atoms with E-state index >= 15 is 0 Å². The minimum atomic E-state index is 1.01. The molecular weight excluding hydrogens is 156 g/mol. The Morgan fingerprint density at radius 1 is 1.36 bits per heavy atom. The standard InChI is InChI=1S/C8H18N2S/c1-9-3-5-10(2,6-4-9)7-8-11/h3-8H2,1-2H3/p+1. The lowest BCUT2D eigenvalue weighted by atomic mass is 10.3. The number of nitrogens with zero attached hydrogens (tertiary/aromatic N) is 2. The Morgan fingerprint density at radius 3 is 2.36 bits per heavy atom. The van der Waals surface area contributed by atoms with Crippen molar-refractivity contribution < 1.29 is 4.48 Å². The molecule has 3 heteroatoms. The maximum absolute atomic E-state index is 4.28. The fourth-order valence-electron chi connectivity index (χ4n) is 1.51. The van der Waals surface area contributed by atoms with Crippen molar-refractivity contribution in [3.63, 3.8) is 0 Å². The minimum absolute atomic E-state index is 1.01. The quantitative estimate of drug-likeness (QED) is 0.467. The van der Waals surface area contributed by atoms with Crippen molar-refractivity contribution in [2.24, 2.45) is 0 Å². The Balaban J connectivity index is 2.35. The molecule has 0 unspecified atom stereocenters. The second-order valence-corrected chi connectivity index (χ2v) is 4.26. The summed E-state index contributed by atoms with van der Waals surface area (Å²) in [4.78, 5) is 2.40. The number of likely N-dealkylation sites (N-methyl/N-ethyl adjacent to an activating group) is 2. The van der Waals surface area contributed by atoms with Gasteiger partial charge < -0.3 is 4.48 Å². The van der Waals surface area contributed by atoms with Gasteiger partial charge in [-0.3, -0.25) is 4.90 Å². The average Bonchev–Trinajstić information content (AvgIpc) is 1.97. The summed E-state index contributed by atoms with van der Waals surface area (Å²) in [5.41, 5.74) is 0. The summed E-state index contributed by atoms with van der Waals surface area (Å²) in [6.45, 7) is 6.28. The van der Waals surface area contributed by atoms with Gasteiger partial charge in [0.05, 0.1) is 26.7 Å². The maximum atomic E-state index is 4.28. The Hall–Kier alpha value is 0.270. The first kappa shape index (κ1) is 9.36. The number of piperazine rings is 1. The molecular formula is C8H19N2S+. The largest absolute Gasteiger partial charge is 0.323 e. The molecule has 0 atom stereocenters. The lowest BCUT2D eigenvalue weighted by molar-refractivity contribution is -0.911. The molecule has 0 radical (unpaired) electrons. The van der Waals surface area contributed by atoms with Gasteiger partial charge in [0.2, 0.25) is 0 Å². The van der Waals surface area contributed by atoms with Gasteiger partial charge in [0.1, 0.15) is 0 Å². The first-order valence-electron chi connectivity index (χ1n) is 4.29. The van der Waals surface area contributed by atoms with Gasteiger partial charge in [-0.25, -0.2) is 0 Å². The van der Waals surface area contributed by atoms with E-state index in [0.717, 1.165) is 5.75 Å².